The van der Waals surface area contributed by atoms with Gasteiger partial charge in [0.05, 0.1) is 13.0 Å². The highest BCUT2D eigenvalue weighted by molar-refractivity contribution is 5.78. The van der Waals surface area contributed by atoms with Gasteiger partial charge in [0.1, 0.15) is 6.29 Å². The summed E-state index contributed by atoms with van der Waals surface area (Å²) < 4.78 is 4.72. The molecule has 0 radical (unpaired) electrons. The van der Waals surface area contributed by atoms with Crippen molar-refractivity contribution in [1.82, 2.24) is 0 Å². The molecule has 3 nitrogen and oxygen atoms in total. The van der Waals surface area contributed by atoms with E-state index in [1.165, 1.54) is 7.11 Å². The average molecular weight is 182 g/mol. The summed E-state index contributed by atoms with van der Waals surface area (Å²) in [6.07, 6.45) is 4.20. The fraction of sp³-hybridized carbons (Fsp3) is 0.800. The molecular formula is C10H14O3. The Morgan fingerprint density at radius 3 is 2.69 bits per heavy atom. The Morgan fingerprint density at radius 2 is 2.08 bits per heavy atom. The molecule has 2 aliphatic rings. The topological polar surface area (TPSA) is 43.4 Å². The number of rotatable bonds is 2. The summed E-state index contributed by atoms with van der Waals surface area (Å²) in [5, 5.41) is 0. The SMILES string of the molecule is COC(=O)[C@@H]1[C@H]2CC[C@H](C2)[C@H]1C=O. The van der Waals surface area contributed by atoms with E-state index in [1.807, 2.05) is 0 Å². The largest absolute Gasteiger partial charge is 0.469 e. The van der Waals surface area contributed by atoms with Crippen LogP contribution in [-0.4, -0.2) is 19.4 Å². The molecule has 2 rings (SSSR count). The van der Waals surface area contributed by atoms with Crippen LogP contribution >= 0.6 is 0 Å². The first-order valence-electron chi connectivity index (χ1n) is 4.81. The van der Waals surface area contributed by atoms with Crippen molar-refractivity contribution in [3.05, 3.63) is 0 Å². The second-order valence-corrected chi connectivity index (χ2v) is 4.10. The molecule has 3 heteroatoms. The smallest absolute Gasteiger partial charge is 0.309 e. The fourth-order valence-electron chi connectivity index (χ4n) is 3.02. The molecule has 0 aliphatic heterocycles. The minimum Gasteiger partial charge on any atom is -0.469 e. The number of esters is 1. The first-order chi connectivity index (χ1) is 6.27. The average Bonchev–Trinajstić information content (AvgIpc) is 2.74. The van der Waals surface area contributed by atoms with Crippen molar-refractivity contribution in [3.8, 4) is 0 Å². The monoisotopic (exact) mass is 182 g/mol. The molecule has 2 saturated carbocycles. The Bertz CT molecular complexity index is 236. The molecule has 4 atom stereocenters. The summed E-state index contributed by atoms with van der Waals surface area (Å²) in [5.41, 5.74) is 0. The maximum Gasteiger partial charge on any atom is 0.309 e. The van der Waals surface area contributed by atoms with E-state index >= 15 is 0 Å². The van der Waals surface area contributed by atoms with E-state index in [2.05, 4.69) is 0 Å². The second-order valence-electron chi connectivity index (χ2n) is 4.10. The summed E-state index contributed by atoms with van der Waals surface area (Å²) in [6.45, 7) is 0. The van der Waals surface area contributed by atoms with Crippen molar-refractivity contribution in [2.45, 2.75) is 19.3 Å². The zero-order valence-corrected chi connectivity index (χ0v) is 7.73. The van der Waals surface area contributed by atoms with Gasteiger partial charge in [-0.3, -0.25) is 4.79 Å². The quantitative estimate of drug-likeness (QED) is 0.473. The lowest BCUT2D eigenvalue weighted by Gasteiger charge is -2.24. The van der Waals surface area contributed by atoms with Crippen molar-refractivity contribution in [1.29, 1.82) is 0 Å². The summed E-state index contributed by atoms with van der Waals surface area (Å²) in [4.78, 5) is 22.2. The van der Waals surface area contributed by atoms with Gasteiger partial charge in [-0.2, -0.15) is 0 Å². The predicted octanol–water partition coefficient (Wildman–Crippen LogP) is 1.02. The zero-order chi connectivity index (χ0) is 9.42. The van der Waals surface area contributed by atoms with Crippen LogP contribution in [0.3, 0.4) is 0 Å². The lowest BCUT2D eigenvalue weighted by atomic mass is 9.80. The van der Waals surface area contributed by atoms with Crippen molar-refractivity contribution < 1.29 is 14.3 Å². The molecule has 0 heterocycles. The van der Waals surface area contributed by atoms with E-state index in [4.69, 9.17) is 4.74 Å². The van der Waals surface area contributed by atoms with Crippen LogP contribution in [0.25, 0.3) is 0 Å². The summed E-state index contributed by atoms with van der Waals surface area (Å²) >= 11 is 0. The lowest BCUT2D eigenvalue weighted by Crippen LogP contribution is -2.31. The van der Waals surface area contributed by atoms with E-state index in [-0.39, 0.29) is 17.8 Å². The molecule has 0 amide bonds. The molecule has 0 aromatic rings. The number of aldehydes is 1. The van der Waals surface area contributed by atoms with Gasteiger partial charge >= 0.3 is 5.97 Å². The summed E-state index contributed by atoms with van der Waals surface area (Å²) in [6, 6.07) is 0. The van der Waals surface area contributed by atoms with Gasteiger partial charge in [-0.1, -0.05) is 0 Å². The van der Waals surface area contributed by atoms with Crippen LogP contribution in [0, 0.1) is 23.7 Å². The molecule has 72 valence electrons. The van der Waals surface area contributed by atoms with Crippen LogP contribution in [0.2, 0.25) is 0 Å². The van der Waals surface area contributed by atoms with Gasteiger partial charge in [-0.25, -0.2) is 0 Å². The van der Waals surface area contributed by atoms with E-state index in [0.717, 1.165) is 25.5 Å². The maximum atomic E-state index is 11.4. The highest BCUT2D eigenvalue weighted by atomic mass is 16.5. The molecule has 0 saturated heterocycles. The van der Waals surface area contributed by atoms with Crippen LogP contribution in [0.4, 0.5) is 0 Å². The Morgan fingerprint density at radius 1 is 1.38 bits per heavy atom. The first kappa shape index (κ1) is 8.73. The van der Waals surface area contributed by atoms with Gasteiger partial charge in [0.25, 0.3) is 0 Å². The van der Waals surface area contributed by atoms with Crippen LogP contribution in [0.5, 0.6) is 0 Å². The van der Waals surface area contributed by atoms with Crippen LogP contribution in [-0.2, 0) is 14.3 Å². The molecule has 2 aliphatic carbocycles. The van der Waals surface area contributed by atoms with Gasteiger partial charge in [-0.05, 0) is 31.1 Å². The van der Waals surface area contributed by atoms with Gasteiger partial charge in [0, 0.05) is 5.92 Å². The normalized spacial score (nSPS) is 41.9. The van der Waals surface area contributed by atoms with Crippen molar-refractivity contribution in [3.63, 3.8) is 0 Å². The Kier molecular flexibility index (Phi) is 2.10. The maximum absolute atomic E-state index is 11.4. The molecule has 0 aromatic heterocycles. The van der Waals surface area contributed by atoms with Crippen molar-refractivity contribution in [2.24, 2.45) is 23.7 Å². The van der Waals surface area contributed by atoms with Crippen LogP contribution in [0.15, 0.2) is 0 Å². The molecule has 2 fully saturated rings. The minimum absolute atomic E-state index is 0.0637. The van der Waals surface area contributed by atoms with E-state index in [9.17, 15) is 9.59 Å². The molecule has 0 unspecified atom stereocenters. The second kappa shape index (κ2) is 3.13. The Hall–Kier alpha value is -0.860. The van der Waals surface area contributed by atoms with Crippen LogP contribution in [0.1, 0.15) is 19.3 Å². The number of carbonyl (C=O) groups is 2. The zero-order valence-electron chi connectivity index (χ0n) is 7.73. The van der Waals surface area contributed by atoms with E-state index in [0.29, 0.717) is 11.8 Å². The molecule has 0 N–H and O–H groups in total. The predicted molar refractivity (Wildman–Crippen MR) is 45.9 cm³/mol. The highest BCUT2D eigenvalue weighted by Crippen LogP contribution is 2.51. The fourth-order valence-corrected chi connectivity index (χ4v) is 3.02. The third kappa shape index (κ3) is 1.18. The molecule has 0 aromatic carbocycles. The van der Waals surface area contributed by atoms with Gasteiger partial charge in [0.2, 0.25) is 0 Å². The number of hydrogen-bond donors (Lipinski definition) is 0. The molecule has 0 spiro atoms. The first-order valence-corrected chi connectivity index (χ1v) is 4.81. The lowest BCUT2D eigenvalue weighted by molar-refractivity contribution is -0.150. The third-order valence-corrected chi connectivity index (χ3v) is 3.61. The molecule has 2 bridgehead atoms. The number of carbonyl (C=O) groups excluding carboxylic acids is 2. The number of hydrogen-bond acceptors (Lipinski definition) is 3. The van der Waals surface area contributed by atoms with E-state index < -0.39 is 0 Å². The Balaban J connectivity index is 2.17. The highest BCUT2D eigenvalue weighted by Gasteiger charge is 2.51. The molecule has 13 heavy (non-hydrogen) atoms. The number of methoxy groups -OCH3 is 1. The number of ether oxygens (including phenoxy) is 1. The summed E-state index contributed by atoms with van der Waals surface area (Å²) in [7, 11) is 1.40. The standard InChI is InChI=1S/C10H14O3/c1-13-10(12)9-7-3-2-6(4-7)8(9)5-11/h5-9H,2-4H2,1H3/t6-,7+,8-,9-/m1/s1. The summed E-state index contributed by atoms with van der Waals surface area (Å²) in [5.74, 6) is 0.469. The minimum atomic E-state index is -0.190. The molecular weight excluding hydrogens is 168 g/mol. The van der Waals surface area contributed by atoms with Gasteiger partial charge in [0.15, 0.2) is 0 Å². The third-order valence-electron chi connectivity index (χ3n) is 3.61. The van der Waals surface area contributed by atoms with Gasteiger partial charge < -0.3 is 9.53 Å². The number of fused-ring (bicyclic) bond motifs is 2. The van der Waals surface area contributed by atoms with Crippen LogP contribution < -0.4 is 0 Å². The van der Waals surface area contributed by atoms with Crippen molar-refractivity contribution in [2.75, 3.05) is 7.11 Å². The van der Waals surface area contributed by atoms with E-state index in [1.54, 1.807) is 0 Å². The van der Waals surface area contributed by atoms with Crippen molar-refractivity contribution >= 4 is 12.3 Å². The Labute approximate surface area is 77.4 Å². The van der Waals surface area contributed by atoms with Gasteiger partial charge in [-0.15, -0.1) is 0 Å².